The predicted molar refractivity (Wildman–Crippen MR) is 146 cm³/mol. The number of anilines is 4. The monoisotopic (exact) mass is 500 g/mol. The van der Waals surface area contributed by atoms with E-state index in [9.17, 15) is 0 Å². The first-order valence-corrected chi connectivity index (χ1v) is 13.5. The third-order valence-electron chi connectivity index (χ3n) is 8.08. The number of H-pyrrole nitrogens is 1. The van der Waals surface area contributed by atoms with Gasteiger partial charge >= 0.3 is 0 Å². The summed E-state index contributed by atoms with van der Waals surface area (Å²) in [5.74, 6) is 2.83. The van der Waals surface area contributed by atoms with Crippen LogP contribution >= 0.6 is 0 Å². The number of benzene rings is 1. The minimum atomic E-state index is 0.325. The summed E-state index contributed by atoms with van der Waals surface area (Å²) in [7, 11) is 2.16. The van der Waals surface area contributed by atoms with Gasteiger partial charge in [-0.25, -0.2) is 4.98 Å². The number of rotatable bonds is 9. The van der Waals surface area contributed by atoms with Gasteiger partial charge in [0.05, 0.1) is 11.6 Å². The van der Waals surface area contributed by atoms with E-state index in [1.807, 2.05) is 13.0 Å². The molecule has 2 bridgehead atoms. The fraction of sp³-hybridized carbons (Fsp3) is 0.556. The summed E-state index contributed by atoms with van der Waals surface area (Å²) in [5.41, 5.74) is 2.97. The number of hydrogen-bond acceptors (Lipinski definition) is 9. The molecular weight excluding hydrogens is 464 g/mol. The molecule has 0 saturated carbocycles. The van der Waals surface area contributed by atoms with Crippen LogP contribution in [0.3, 0.4) is 0 Å². The largest absolute Gasteiger partial charge is 0.385 e. The smallest absolute Gasteiger partial charge is 0.225 e. The number of nitrogens with zero attached hydrogens (tertiary/aromatic N) is 6. The lowest BCUT2D eigenvalue weighted by molar-refractivity contribution is 0.135. The number of nitrogens with one attached hydrogen (secondary N) is 4. The van der Waals surface area contributed by atoms with E-state index in [4.69, 9.17) is 15.2 Å². The molecule has 10 nitrogen and oxygen atoms in total. The molecule has 0 aliphatic carbocycles. The molecule has 37 heavy (non-hydrogen) atoms. The number of aromatic nitrogens is 4. The van der Waals surface area contributed by atoms with Crippen molar-refractivity contribution >= 4 is 34.2 Å². The van der Waals surface area contributed by atoms with Crippen LogP contribution < -0.4 is 16.0 Å². The van der Waals surface area contributed by atoms with E-state index in [2.05, 4.69) is 67.3 Å². The molecule has 194 valence electrons. The zero-order chi connectivity index (χ0) is 25.4. The minimum absolute atomic E-state index is 0.325. The molecule has 0 amide bonds. The molecular formula is C27H36N10. The van der Waals surface area contributed by atoms with Crippen molar-refractivity contribution in [2.24, 2.45) is 5.92 Å². The zero-order valence-electron chi connectivity index (χ0n) is 21.7. The minimum Gasteiger partial charge on any atom is -0.385 e. The number of piperidine rings is 1. The summed E-state index contributed by atoms with van der Waals surface area (Å²) < 4.78 is 0. The SMILES string of the molecule is Cc1cc(Nc2nc(NC3C[C@H]4CC[C@@H](C3)N4CCC#N)nc3cc(NCC4CN(C)C4)ccc23)n[nH]1. The van der Waals surface area contributed by atoms with Gasteiger partial charge in [-0.3, -0.25) is 10.00 Å². The molecule has 3 saturated heterocycles. The predicted octanol–water partition coefficient (Wildman–Crippen LogP) is 3.70. The number of hydrogen-bond donors (Lipinski definition) is 4. The molecule has 0 radical (unpaired) electrons. The van der Waals surface area contributed by atoms with Crippen molar-refractivity contribution < 1.29 is 0 Å². The third kappa shape index (κ3) is 5.20. The van der Waals surface area contributed by atoms with Crippen LogP contribution in [0.5, 0.6) is 0 Å². The van der Waals surface area contributed by atoms with Crippen LogP contribution in [0.15, 0.2) is 24.3 Å². The second-order valence-corrected chi connectivity index (χ2v) is 11.0. The van der Waals surface area contributed by atoms with Crippen LogP contribution in [-0.4, -0.2) is 81.3 Å². The zero-order valence-corrected chi connectivity index (χ0v) is 21.7. The van der Waals surface area contributed by atoms with Crippen molar-refractivity contribution in [2.45, 2.75) is 57.2 Å². The van der Waals surface area contributed by atoms with Crippen molar-refractivity contribution in [2.75, 3.05) is 49.2 Å². The Bertz CT molecular complexity index is 1280. The Kier molecular flexibility index (Phi) is 6.57. The van der Waals surface area contributed by atoms with Crippen LogP contribution in [0.1, 0.15) is 37.8 Å². The average Bonchev–Trinajstić information content (AvgIpc) is 3.37. The number of aromatic amines is 1. The molecule has 2 aromatic heterocycles. The molecule has 0 spiro atoms. The van der Waals surface area contributed by atoms with Crippen molar-refractivity contribution in [3.63, 3.8) is 0 Å². The first-order chi connectivity index (χ1) is 18.0. The summed E-state index contributed by atoms with van der Waals surface area (Å²) in [6.07, 6.45) is 5.15. The van der Waals surface area contributed by atoms with Gasteiger partial charge in [-0.05, 0) is 57.9 Å². The molecule has 3 atom stereocenters. The van der Waals surface area contributed by atoms with Gasteiger partial charge < -0.3 is 20.9 Å². The number of aryl methyl sites for hydroxylation is 1. The molecule has 1 aromatic carbocycles. The average molecular weight is 501 g/mol. The maximum absolute atomic E-state index is 9.04. The number of nitriles is 1. The van der Waals surface area contributed by atoms with Crippen molar-refractivity contribution in [3.8, 4) is 6.07 Å². The van der Waals surface area contributed by atoms with E-state index in [1.165, 1.54) is 12.8 Å². The Morgan fingerprint density at radius 1 is 1.14 bits per heavy atom. The van der Waals surface area contributed by atoms with Crippen molar-refractivity contribution in [3.05, 3.63) is 30.0 Å². The molecule has 4 N–H and O–H groups in total. The van der Waals surface area contributed by atoms with Gasteiger partial charge in [0.25, 0.3) is 0 Å². The summed E-state index contributed by atoms with van der Waals surface area (Å²) >= 11 is 0. The normalized spacial score (nSPS) is 24.1. The second-order valence-electron chi connectivity index (χ2n) is 11.0. The van der Waals surface area contributed by atoms with E-state index >= 15 is 0 Å². The van der Waals surface area contributed by atoms with Gasteiger partial charge in [-0.2, -0.15) is 15.3 Å². The Balaban J connectivity index is 1.23. The highest BCUT2D eigenvalue weighted by Gasteiger charge is 2.40. The fourth-order valence-electron chi connectivity index (χ4n) is 6.34. The third-order valence-corrected chi connectivity index (χ3v) is 8.08. The first kappa shape index (κ1) is 23.9. The van der Waals surface area contributed by atoms with Crippen LogP contribution in [-0.2, 0) is 0 Å². The van der Waals surface area contributed by atoms with Crippen LogP contribution in [0.2, 0.25) is 0 Å². The topological polar surface area (TPSA) is 121 Å². The Hall–Kier alpha value is -3.42. The lowest BCUT2D eigenvalue weighted by atomic mass is 9.97. The van der Waals surface area contributed by atoms with E-state index in [0.717, 1.165) is 72.9 Å². The van der Waals surface area contributed by atoms with Crippen LogP contribution in [0, 0.1) is 24.2 Å². The van der Waals surface area contributed by atoms with Gasteiger partial charge in [0.1, 0.15) is 5.82 Å². The first-order valence-electron chi connectivity index (χ1n) is 13.5. The molecule has 3 fully saturated rings. The maximum atomic E-state index is 9.04. The van der Waals surface area contributed by atoms with Crippen LogP contribution in [0.4, 0.5) is 23.3 Å². The highest BCUT2D eigenvalue weighted by Crippen LogP contribution is 2.37. The molecule has 1 unspecified atom stereocenters. The van der Waals surface area contributed by atoms with Gasteiger partial charge in [0.15, 0.2) is 5.82 Å². The van der Waals surface area contributed by atoms with Crippen LogP contribution in [0.25, 0.3) is 10.9 Å². The molecule has 6 rings (SSSR count). The Morgan fingerprint density at radius 3 is 2.65 bits per heavy atom. The Labute approximate surface area is 217 Å². The summed E-state index contributed by atoms with van der Waals surface area (Å²) in [6.45, 7) is 6.13. The van der Waals surface area contributed by atoms with Crippen molar-refractivity contribution in [1.29, 1.82) is 5.26 Å². The fourth-order valence-corrected chi connectivity index (χ4v) is 6.34. The summed E-state index contributed by atoms with van der Waals surface area (Å²) in [4.78, 5) is 14.7. The molecule has 5 heterocycles. The van der Waals surface area contributed by atoms with Gasteiger partial charge in [0, 0.05) is 79.5 Å². The Morgan fingerprint density at radius 2 is 1.95 bits per heavy atom. The van der Waals surface area contributed by atoms with E-state index in [-0.39, 0.29) is 0 Å². The van der Waals surface area contributed by atoms with Gasteiger partial charge in [0.2, 0.25) is 5.95 Å². The lowest BCUT2D eigenvalue weighted by Crippen LogP contribution is -2.47. The lowest BCUT2D eigenvalue weighted by Gasteiger charge is -2.38. The van der Waals surface area contributed by atoms with Crippen molar-refractivity contribution in [1.82, 2.24) is 30.0 Å². The highest BCUT2D eigenvalue weighted by molar-refractivity contribution is 5.93. The van der Waals surface area contributed by atoms with Gasteiger partial charge in [-0.1, -0.05) is 0 Å². The van der Waals surface area contributed by atoms with E-state index in [1.54, 1.807) is 0 Å². The van der Waals surface area contributed by atoms with E-state index in [0.29, 0.717) is 36.4 Å². The second kappa shape index (κ2) is 10.1. The molecule has 10 heteroatoms. The molecule has 3 aliphatic heterocycles. The summed E-state index contributed by atoms with van der Waals surface area (Å²) in [6, 6.07) is 12.0. The van der Waals surface area contributed by atoms with Gasteiger partial charge in [-0.15, -0.1) is 0 Å². The number of fused-ring (bicyclic) bond motifs is 3. The standard InChI is InChI=1S/C27H36N10/c1-17-10-25(35-34-17)32-26-23-7-4-19(29-14-18-15-36(2)16-18)13-24(23)31-27(33-26)30-20-11-21-5-6-22(12-20)37(21)9-3-8-28/h4,7,10,13,18,20-22,29H,3,5-6,9,11-12,14-16H2,1-2H3,(H3,30,31,32,33,34,35)/t20?,21-,22+. The molecule has 3 aromatic rings. The van der Waals surface area contributed by atoms with E-state index < -0.39 is 0 Å². The quantitative estimate of drug-likeness (QED) is 0.348. The maximum Gasteiger partial charge on any atom is 0.225 e. The highest BCUT2D eigenvalue weighted by atomic mass is 15.3. The molecule has 3 aliphatic rings. The summed E-state index contributed by atoms with van der Waals surface area (Å²) in [5, 5.41) is 28.0. The number of likely N-dealkylation sites (tertiary alicyclic amines) is 1.